The summed E-state index contributed by atoms with van der Waals surface area (Å²) >= 11 is 0. The number of hydrogen-bond acceptors (Lipinski definition) is 5. The van der Waals surface area contributed by atoms with Crippen molar-refractivity contribution in [2.45, 2.75) is 26.4 Å². The van der Waals surface area contributed by atoms with Gasteiger partial charge in [0.15, 0.2) is 0 Å². The molecule has 1 aliphatic rings. The van der Waals surface area contributed by atoms with Crippen LogP contribution in [0.1, 0.15) is 25.0 Å². The number of carbonyl (C=O) groups is 1. The zero-order valence-electron chi connectivity index (χ0n) is 15.4. The number of rotatable bonds is 6. The number of halogens is 1. The van der Waals surface area contributed by atoms with Crippen LogP contribution in [-0.2, 0) is 11.2 Å². The van der Waals surface area contributed by atoms with Crippen molar-refractivity contribution in [1.82, 2.24) is 0 Å². The Hall–Kier alpha value is -3.42. The minimum atomic E-state index is -0.965. The van der Waals surface area contributed by atoms with Gasteiger partial charge in [-0.25, -0.2) is 0 Å². The lowest BCUT2D eigenvalue weighted by Crippen LogP contribution is -2.08. The van der Waals surface area contributed by atoms with Crippen LogP contribution in [0.5, 0.6) is 11.5 Å². The number of amides is 1. The first-order valence-corrected chi connectivity index (χ1v) is 8.76. The molecule has 0 spiro atoms. The SMILES string of the molecule is CCOc1cc2c(cc1/C=C/C(=O)Nc1ccc(F)c([N+](=O)[O-])c1)O[C@@H](C)C2. The van der Waals surface area contributed by atoms with Crippen LogP contribution >= 0.6 is 0 Å². The summed E-state index contributed by atoms with van der Waals surface area (Å²) in [6.07, 6.45) is 3.73. The number of benzene rings is 2. The van der Waals surface area contributed by atoms with Crippen molar-refractivity contribution < 1.29 is 23.6 Å². The lowest BCUT2D eigenvalue weighted by molar-refractivity contribution is -0.387. The molecule has 1 atom stereocenters. The molecule has 0 aromatic heterocycles. The molecule has 0 radical (unpaired) electrons. The summed E-state index contributed by atoms with van der Waals surface area (Å²) in [4.78, 5) is 22.1. The fourth-order valence-corrected chi connectivity index (χ4v) is 2.95. The number of hydrogen-bond donors (Lipinski definition) is 1. The Morgan fingerprint density at radius 2 is 2.21 bits per heavy atom. The summed E-state index contributed by atoms with van der Waals surface area (Å²) in [6, 6.07) is 6.88. The normalized spacial score (nSPS) is 15.2. The highest BCUT2D eigenvalue weighted by molar-refractivity contribution is 6.02. The van der Waals surface area contributed by atoms with Crippen LogP contribution < -0.4 is 14.8 Å². The van der Waals surface area contributed by atoms with Gasteiger partial charge in [0.25, 0.3) is 0 Å². The third-order valence-corrected chi connectivity index (χ3v) is 4.15. The van der Waals surface area contributed by atoms with Crippen LogP contribution in [-0.4, -0.2) is 23.5 Å². The van der Waals surface area contributed by atoms with Gasteiger partial charge in [-0.05, 0) is 44.2 Å². The topological polar surface area (TPSA) is 90.7 Å². The summed E-state index contributed by atoms with van der Waals surface area (Å²) in [5.74, 6) is -0.0870. The number of ether oxygens (including phenoxy) is 2. The first kappa shape index (κ1) is 19.3. The van der Waals surface area contributed by atoms with Crippen LogP contribution in [0.3, 0.4) is 0 Å². The smallest absolute Gasteiger partial charge is 0.306 e. The summed E-state index contributed by atoms with van der Waals surface area (Å²) < 4.78 is 24.8. The molecule has 1 amide bonds. The molecule has 0 saturated heterocycles. The Morgan fingerprint density at radius 3 is 2.93 bits per heavy atom. The van der Waals surface area contributed by atoms with E-state index in [1.54, 1.807) is 6.08 Å². The van der Waals surface area contributed by atoms with Gasteiger partial charge in [0, 0.05) is 35.4 Å². The second-order valence-electron chi connectivity index (χ2n) is 6.31. The van der Waals surface area contributed by atoms with Gasteiger partial charge in [-0.15, -0.1) is 0 Å². The summed E-state index contributed by atoms with van der Waals surface area (Å²) in [6.45, 7) is 4.32. The predicted octanol–water partition coefficient (Wildman–Crippen LogP) is 4.11. The molecule has 7 nitrogen and oxygen atoms in total. The molecule has 146 valence electrons. The Morgan fingerprint density at radius 1 is 1.43 bits per heavy atom. The molecule has 2 aromatic rings. The molecular formula is C20H19FN2O5. The fraction of sp³-hybridized carbons (Fsp3) is 0.250. The van der Waals surface area contributed by atoms with E-state index in [1.165, 1.54) is 12.1 Å². The number of anilines is 1. The van der Waals surface area contributed by atoms with Gasteiger partial charge >= 0.3 is 5.69 Å². The molecule has 0 bridgehead atoms. The molecule has 0 aliphatic carbocycles. The molecule has 8 heteroatoms. The third kappa shape index (κ3) is 4.28. The Bertz CT molecular complexity index is 958. The van der Waals surface area contributed by atoms with Gasteiger partial charge in [-0.2, -0.15) is 4.39 Å². The summed E-state index contributed by atoms with van der Waals surface area (Å²) in [7, 11) is 0. The minimum absolute atomic E-state index is 0.0845. The Labute approximate surface area is 160 Å². The van der Waals surface area contributed by atoms with Gasteiger partial charge in [0.1, 0.15) is 17.6 Å². The zero-order valence-corrected chi connectivity index (χ0v) is 15.4. The third-order valence-electron chi connectivity index (χ3n) is 4.15. The molecule has 1 N–H and O–H groups in total. The first-order chi connectivity index (χ1) is 13.4. The molecule has 1 heterocycles. The van der Waals surface area contributed by atoms with Crippen molar-refractivity contribution in [1.29, 1.82) is 0 Å². The highest BCUT2D eigenvalue weighted by Gasteiger charge is 2.21. The van der Waals surface area contributed by atoms with Gasteiger partial charge in [0.2, 0.25) is 11.7 Å². The van der Waals surface area contributed by atoms with E-state index in [2.05, 4.69) is 5.32 Å². The standard InChI is InChI=1S/C20H19FN2O5/c1-3-27-18-10-14-8-12(2)28-19(14)9-13(18)4-7-20(24)22-15-5-6-16(21)17(11-15)23(25)26/h4-7,9-12H,3,8H2,1-2H3,(H,22,24)/b7-4+/t12-/m0/s1. The Kier molecular flexibility index (Phi) is 5.58. The maximum absolute atomic E-state index is 13.4. The van der Waals surface area contributed by atoms with Crippen LogP contribution in [0.25, 0.3) is 6.08 Å². The lowest BCUT2D eigenvalue weighted by atomic mass is 10.1. The van der Waals surface area contributed by atoms with E-state index in [-0.39, 0.29) is 11.8 Å². The van der Waals surface area contributed by atoms with Crippen LogP contribution in [0.2, 0.25) is 0 Å². The number of fused-ring (bicyclic) bond motifs is 1. The van der Waals surface area contributed by atoms with E-state index >= 15 is 0 Å². The second kappa shape index (κ2) is 8.08. The van der Waals surface area contributed by atoms with Gasteiger partial charge in [0.05, 0.1) is 11.5 Å². The highest BCUT2D eigenvalue weighted by Crippen LogP contribution is 2.35. The average Bonchev–Trinajstić information content (AvgIpc) is 3.00. The van der Waals surface area contributed by atoms with E-state index in [0.717, 1.165) is 29.9 Å². The van der Waals surface area contributed by atoms with Crippen molar-refractivity contribution >= 4 is 23.4 Å². The second-order valence-corrected chi connectivity index (χ2v) is 6.31. The maximum Gasteiger partial charge on any atom is 0.306 e. The number of nitro groups is 1. The zero-order chi connectivity index (χ0) is 20.3. The fourth-order valence-electron chi connectivity index (χ4n) is 2.95. The van der Waals surface area contributed by atoms with E-state index < -0.39 is 22.3 Å². The summed E-state index contributed by atoms with van der Waals surface area (Å²) in [5, 5.41) is 13.3. The maximum atomic E-state index is 13.4. The predicted molar refractivity (Wildman–Crippen MR) is 102 cm³/mol. The van der Waals surface area contributed by atoms with Crippen molar-refractivity contribution in [3.63, 3.8) is 0 Å². The van der Waals surface area contributed by atoms with E-state index in [4.69, 9.17) is 9.47 Å². The van der Waals surface area contributed by atoms with Crippen LogP contribution in [0, 0.1) is 15.9 Å². The van der Waals surface area contributed by atoms with Gasteiger partial charge < -0.3 is 14.8 Å². The average molecular weight is 386 g/mol. The van der Waals surface area contributed by atoms with Crippen molar-refractivity contribution in [3.05, 3.63) is 63.5 Å². The highest BCUT2D eigenvalue weighted by atomic mass is 19.1. The Balaban J connectivity index is 1.78. The van der Waals surface area contributed by atoms with Crippen molar-refractivity contribution in [2.75, 3.05) is 11.9 Å². The number of carbonyl (C=O) groups excluding carboxylic acids is 1. The molecule has 28 heavy (non-hydrogen) atoms. The summed E-state index contributed by atoms with van der Waals surface area (Å²) in [5.41, 5.74) is 1.15. The molecule has 1 aliphatic heterocycles. The quantitative estimate of drug-likeness (QED) is 0.458. The molecule has 0 fully saturated rings. The van der Waals surface area contributed by atoms with E-state index in [9.17, 15) is 19.3 Å². The number of nitro benzene ring substituents is 1. The van der Waals surface area contributed by atoms with Crippen molar-refractivity contribution in [3.8, 4) is 11.5 Å². The molecule has 3 rings (SSSR count). The van der Waals surface area contributed by atoms with E-state index in [1.807, 2.05) is 26.0 Å². The van der Waals surface area contributed by atoms with Crippen molar-refractivity contribution in [2.24, 2.45) is 0 Å². The van der Waals surface area contributed by atoms with Gasteiger partial charge in [-0.3, -0.25) is 14.9 Å². The molecule has 0 saturated carbocycles. The number of nitrogens with zero attached hydrogens (tertiary/aromatic N) is 1. The monoisotopic (exact) mass is 386 g/mol. The van der Waals surface area contributed by atoms with Gasteiger partial charge in [-0.1, -0.05) is 0 Å². The first-order valence-electron chi connectivity index (χ1n) is 8.76. The number of nitrogens with one attached hydrogen (secondary N) is 1. The molecular weight excluding hydrogens is 367 g/mol. The lowest BCUT2D eigenvalue weighted by Gasteiger charge is -2.10. The largest absolute Gasteiger partial charge is 0.493 e. The minimum Gasteiger partial charge on any atom is -0.493 e. The van der Waals surface area contributed by atoms with Crippen LogP contribution in [0.4, 0.5) is 15.8 Å². The van der Waals surface area contributed by atoms with E-state index in [0.29, 0.717) is 17.9 Å². The molecule has 0 unspecified atom stereocenters. The molecule has 2 aromatic carbocycles. The van der Waals surface area contributed by atoms with Crippen LogP contribution in [0.15, 0.2) is 36.4 Å².